The van der Waals surface area contributed by atoms with Gasteiger partial charge in [-0.25, -0.2) is 23.2 Å². The maximum Gasteiger partial charge on any atom is 0.410 e. The summed E-state index contributed by atoms with van der Waals surface area (Å²) in [5, 5.41) is 8.92. The molecule has 1 N–H and O–H groups in total. The number of amides is 1. The topological polar surface area (TPSA) is 128 Å². The molecule has 2 heterocycles. The summed E-state index contributed by atoms with van der Waals surface area (Å²) in [6.45, 7) is 2.64. The fourth-order valence-corrected chi connectivity index (χ4v) is 4.23. The number of carbonyl (C=O) groups excluding carboxylic acids is 1. The highest BCUT2D eigenvalue weighted by Crippen LogP contribution is 2.27. The van der Waals surface area contributed by atoms with Gasteiger partial charge in [0.25, 0.3) is 0 Å². The Bertz CT molecular complexity index is 818. The van der Waals surface area contributed by atoms with E-state index in [1.807, 2.05) is 0 Å². The van der Waals surface area contributed by atoms with Crippen molar-refractivity contribution in [2.75, 3.05) is 26.0 Å². The highest BCUT2D eigenvalue weighted by atomic mass is 32.2. The van der Waals surface area contributed by atoms with E-state index < -0.39 is 15.9 Å². The van der Waals surface area contributed by atoms with Crippen LogP contribution in [0.3, 0.4) is 0 Å². The van der Waals surface area contributed by atoms with Crippen LogP contribution in [0.1, 0.15) is 45.4 Å². The Morgan fingerprint density at radius 3 is 2.26 bits per heavy atom. The van der Waals surface area contributed by atoms with Gasteiger partial charge in [-0.2, -0.15) is 0 Å². The van der Waals surface area contributed by atoms with Crippen molar-refractivity contribution in [1.82, 2.24) is 14.9 Å². The Hall–Kier alpha value is -1.98. The smallest absolute Gasteiger partial charge is 0.410 e. The molecule has 3 rings (SSSR count). The van der Waals surface area contributed by atoms with Crippen LogP contribution in [0.25, 0.3) is 0 Å². The minimum atomic E-state index is -3.37. The van der Waals surface area contributed by atoms with Gasteiger partial charge < -0.3 is 24.2 Å². The first kappa shape index (κ1) is 23.7. The lowest BCUT2D eigenvalue weighted by Crippen LogP contribution is -2.43. The number of nitrogens with zero attached hydrogens (tertiary/aromatic N) is 3. The SMILES string of the molecule is C[C@@H](CO)OC(=O)N1CCC(OC2CCC(Oc3cnc(S(C)(=O)=O)cn3)CC2)CC1. The summed E-state index contributed by atoms with van der Waals surface area (Å²) < 4.78 is 40.1. The van der Waals surface area contributed by atoms with E-state index in [9.17, 15) is 13.2 Å². The Morgan fingerprint density at radius 1 is 1.10 bits per heavy atom. The molecule has 1 aliphatic heterocycles. The number of hydrogen-bond donors (Lipinski definition) is 1. The third kappa shape index (κ3) is 7.01. The first-order chi connectivity index (χ1) is 14.7. The zero-order chi connectivity index (χ0) is 22.4. The number of aromatic nitrogens is 2. The van der Waals surface area contributed by atoms with E-state index in [1.165, 1.54) is 12.4 Å². The van der Waals surface area contributed by atoms with Crippen molar-refractivity contribution in [2.24, 2.45) is 0 Å². The van der Waals surface area contributed by atoms with E-state index in [0.29, 0.717) is 19.0 Å². The molecule has 0 aromatic carbocycles. The van der Waals surface area contributed by atoms with Crippen LogP contribution in [0.15, 0.2) is 17.4 Å². The largest absolute Gasteiger partial charge is 0.473 e. The molecule has 1 aromatic heterocycles. The second-order valence-electron chi connectivity index (χ2n) is 8.18. The van der Waals surface area contributed by atoms with Gasteiger partial charge >= 0.3 is 6.09 Å². The van der Waals surface area contributed by atoms with Crippen molar-refractivity contribution in [3.63, 3.8) is 0 Å². The molecule has 31 heavy (non-hydrogen) atoms. The molecule has 1 saturated carbocycles. The number of rotatable bonds is 7. The summed E-state index contributed by atoms with van der Waals surface area (Å²) in [7, 11) is -3.37. The van der Waals surface area contributed by atoms with Gasteiger partial charge in [-0.05, 0) is 45.4 Å². The van der Waals surface area contributed by atoms with Crippen LogP contribution in [0.2, 0.25) is 0 Å². The second kappa shape index (κ2) is 10.6. The maximum atomic E-state index is 12.0. The van der Waals surface area contributed by atoms with Gasteiger partial charge in [0.05, 0.1) is 31.2 Å². The third-order valence-corrected chi connectivity index (χ3v) is 6.51. The van der Waals surface area contributed by atoms with Gasteiger partial charge in [0.15, 0.2) is 14.9 Å². The predicted molar refractivity (Wildman–Crippen MR) is 111 cm³/mol. The average Bonchev–Trinajstić information content (AvgIpc) is 2.75. The minimum Gasteiger partial charge on any atom is -0.473 e. The molecule has 2 fully saturated rings. The van der Waals surface area contributed by atoms with Gasteiger partial charge in [0, 0.05) is 19.3 Å². The average molecular weight is 458 g/mol. The molecule has 2 aliphatic rings. The van der Waals surface area contributed by atoms with Gasteiger partial charge in [0.2, 0.25) is 5.88 Å². The van der Waals surface area contributed by atoms with Crippen molar-refractivity contribution in [1.29, 1.82) is 0 Å². The lowest BCUT2D eigenvalue weighted by molar-refractivity contribution is -0.0666. The molecule has 11 heteroatoms. The molecular formula is C20H31N3O7S. The molecule has 1 saturated heterocycles. The lowest BCUT2D eigenvalue weighted by atomic mass is 9.94. The summed E-state index contributed by atoms with van der Waals surface area (Å²) >= 11 is 0. The van der Waals surface area contributed by atoms with Crippen molar-refractivity contribution >= 4 is 15.9 Å². The molecule has 174 valence electrons. The van der Waals surface area contributed by atoms with Crippen LogP contribution < -0.4 is 4.74 Å². The predicted octanol–water partition coefficient (Wildman–Crippen LogP) is 1.57. The van der Waals surface area contributed by atoms with E-state index in [1.54, 1.807) is 11.8 Å². The lowest BCUT2D eigenvalue weighted by Gasteiger charge is -2.35. The van der Waals surface area contributed by atoms with E-state index in [2.05, 4.69) is 9.97 Å². The fourth-order valence-electron chi connectivity index (χ4n) is 3.74. The fraction of sp³-hybridized carbons (Fsp3) is 0.750. The summed E-state index contributed by atoms with van der Waals surface area (Å²) in [6.07, 6.45) is 7.98. The molecule has 1 amide bonds. The number of aliphatic hydroxyl groups is 1. The van der Waals surface area contributed by atoms with Crippen molar-refractivity contribution < 1.29 is 32.5 Å². The summed E-state index contributed by atoms with van der Waals surface area (Å²) in [5.41, 5.74) is 0. The molecule has 0 spiro atoms. The molecular weight excluding hydrogens is 426 g/mol. The Labute approximate surface area is 182 Å². The Morgan fingerprint density at radius 2 is 1.71 bits per heavy atom. The molecule has 0 bridgehead atoms. The summed E-state index contributed by atoms with van der Waals surface area (Å²) in [5.74, 6) is 0.326. The number of carbonyl (C=O) groups is 1. The highest BCUT2D eigenvalue weighted by molar-refractivity contribution is 7.90. The number of hydrogen-bond acceptors (Lipinski definition) is 9. The van der Waals surface area contributed by atoms with E-state index >= 15 is 0 Å². The molecule has 1 aliphatic carbocycles. The van der Waals surface area contributed by atoms with Gasteiger partial charge in [-0.15, -0.1) is 0 Å². The van der Waals surface area contributed by atoms with Gasteiger partial charge in [-0.1, -0.05) is 0 Å². The number of ether oxygens (including phenoxy) is 3. The van der Waals surface area contributed by atoms with Crippen LogP contribution in [-0.4, -0.2) is 84.9 Å². The first-order valence-electron chi connectivity index (χ1n) is 10.6. The first-order valence-corrected chi connectivity index (χ1v) is 12.5. The van der Waals surface area contributed by atoms with E-state index in [0.717, 1.165) is 44.8 Å². The van der Waals surface area contributed by atoms with Crippen LogP contribution in [0, 0.1) is 0 Å². The zero-order valence-electron chi connectivity index (χ0n) is 18.0. The molecule has 1 atom stereocenters. The van der Waals surface area contributed by atoms with Crippen molar-refractivity contribution in [2.45, 2.75) is 74.9 Å². The van der Waals surface area contributed by atoms with Gasteiger partial charge in [-0.3, -0.25) is 0 Å². The van der Waals surface area contributed by atoms with Crippen molar-refractivity contribution in [3.8, 4) is 5.88 Å². The normalized spacial score (nSPS) is 23.9. The quantitative estimate of drug-likeness (QED) is 0.649. The van der Waals surface area contributed by atoms with Gasteiger partial charge in [0.1, 0.15) is 12.2 Å². The number of piperidine rings is 1. The number of sulfone groups is 1. The van der Waals surface area contributed by atoms with Crippen molar-refractivity contribution in [3.05, 3.63) is 12.4 Å². The molecule has 0 unspecified atom stereocenters. The number of likely N-dealkylation sites (tertiary alicyclic amines) is 1. The van der Waals surface area contributed by atoms with E-state index in [-0.39, 0.29) is 36.0 Å². The van der Waals surface area contributed by atoms with Crippen LogP contribution in [0.4, 0.5) is 4.79 Å². The zero-order valence-corrected chi connectivity index (χ0v) is 18.8. The third-order valence-electron chi connectivity index (χ3n) is 5.54. The summed E-state index contributed by atoms with van der Waals surface area (Å²) in [6, 6.07) is 0. The Balaban J connectivity index is 1.37. The highest BCUT2D eigenvalue weighted by Gasteiger charge is 2.29. The molecule has 1 aromatic rings. The maximum absolute atomic E-state index is 12.0. The van der Waals surface area contributed by atoms with Crippen LogP contribution in [0.5, 0.6) is 5.88 Å². The molecule has 0 radical (unpaired) electrons. The second-order valence-corrected chi connectivity index (χ2v) is 10.1. The minimum absolute atomic E-state index is 0.00312. The number of aliphatic hydroxyl groups excluding tert-OH is 1. The standard InChI is InChI=1S/C20H31N3O7S/c1-14(13-24)28-20(25)23-9-7-17(8-10-23)29-15-3-5-16(6-4-15)30-18-11-22-19(12-21-18)31(2,26)27/h11-12,14-17,24H,3-10,13H2,1-2H3/t14-,15?,16?/m0/s1. The van der Waals surface area contributed by atoms with E-state index in [4.69, 9.17) is 19.3 Å². The Kier molecular flexibility index (Phi) is 8.06. The van der Waals surface area contributed by atoms with Crippen LogP contribution >= 0.6 is 0 Å². The monoisotopic (exact) mass is 457 g/mol. The summed E-state index contributed by atoms with van der Waals surface area (Å²) in [4.78, 5) is 21.6. The van der Waals surface area contributed by atoms with Crippen LogP contribution in [-0.2, 0) is 19.3 Å². The molecule has 10 nitrogen and oxygen atoms in total.